The van der Waals surface area contributed by atoms with Gasteiger partial charge in [-0.3, -0.25) is 0 Å². The molecule has 11 heavy (non-hydrogen) atoms. The highest BCUT2D eigenvalue weighted by Gasteiger charge is 2.65. The topological polar surface area (TPSA) is 34.1 Å². The van der Waals surface area contributed by atoms with Gasteiger partial charge in [-0.25, -0.2) is 8.42 Å². The molecule has 0 heterocycles. The van der Waals surface area contributed by atoms with Crippen LogP contribution in [0.1, 0.15) is 26.2 Å². The van der Waals surface area contributed by atoms with E-state index >= 15 is 0 Å². The molecular weight excluding hydrogens is 184 g/mol. The first-order valence-electron chi connectivity index (χ1n) is 3.75. The van der Waals surface area contributed by atoms with Gasteiger partial charge in [0.05, 0.1) is 5.75 Å². The van der Waals surface area contributed by atoms with E-state index < -0.39 is 9.05 Å². The van der Waals surface area contributed by atoms with E-state index in [0.717, 1.165) is 19.3 Å². The summed E-state index contributed by atoms with van der Waals surface area (Å²) in [6, 6.07) is 0. The van der Waals surface area contributed by atoms with Crippen LogP contribution < -0.4 is 0 Å². The lowest BCUT2D eigenvalue weighted by Gasteiger charge is -2.69. The molecule has 0 N–H and O–H groups in total. The third-order valence-electron chi connectivity index (χ3n) is 2.88. The summed E-state index contributed by atoms with van der Waals surface area (Å²) in [5, 5.41) is 0. The zero-order chi connectivity index (χ0) is 8.33. The second-order valence-electron chi connectivity index (χ2n) is 4.52. The normalized spacial score (nSPS) is 47.8. The van der Waals surface area contributed by atoms with Crippen LogP contribution in [0.5, 0.6) is 0 Å². The summed E-state index contributed by atoms with van der Waals surface area (Å²) in [6.45, 7) is 2.20. The van der Waals surface area contributed by atoms with Crippen LogP contribution in [0.25, 0.3) is 0 Å². The quantitative estimate of drug-likeness (QED) is 0.628. The maximum absolute atomic E-state index is 10.7. The molecule has 2 bridgehead atoms. The summed E-state index contributed by atoms with van der Waals surface area (Å²) in [4.78, 5) is 0. The van der Waals surface area contributed by atoms with Gasteiger partial charge in [-0.1, -0.05) is 6.92 Å². The molecule has 3 fully saturated rings. The van der Waals surface area contributed by atoms with Crippen molar-refractivity contribution in [3.05, 3.63) is 0 Å². The van der Waals surface area contributed by atoms with Crippen molar-refractivity contribution in [2.24, 2.45) is 10.8 Å². The minimum Gasteiger partial charge on any atom is -0.212 e. The first kappa shape index (κ1) is 7.87. The molecule has 0 aromatic carbocycles. The van der Waals surface area contributed by atoms with Gasteiger partial charge < -0.3 is 0 Å². The van der Waals surface area contributed by atoms with E-state index in [1.165, 1.54) is 0 Å². The first-order chi connectivity index (χ1) is 4.83. The summed E-state index contributed by atoms with van der Waals surface area (Å²) in [5.74, 6) is 0.192. The van der Waals surface area contributed by atoms with Crippen LogP contribution in [0, 0.1) is 10.8 Å². The van der Waals surface area contributed by atoms with E-state index in [2.05, 4.69) is 6.92 Å². The van der Waals surface area contributed by atoms with E-state index in [4.69, 9.17) is 10.7 Å². The third kappa shape index (κ3) is 1.18. The lowest BCUT2D eigenvalue weighted by molar-refractivity contribution is -0.173. The van der Waals surface area contributed by atoms with Gasteiger partial charge in [0.1, 0.15) is 0 Å². The smallest absolute Gasteiger partial charge is 0.212 e. The van der Waals surface area contributed by atoms with Gasteiger partial charge in [-0.2, -0.15) is 0 Å². The average Bonchev–Trinajstić information content (AvgIpc) is 1.53. The van der Waals surface area contributed by atoms with Crippen molar-refractivity contribution < 1.29 is 8.42 Å². The zero-order valence-corrected chi connectivity index (χ0v) is 8.00. The van der Waals surface area contributed by atoms with Gasteiger partial charge in [0, 0.05) is 10.7 Å². The fraction of sp³-hybridized carbons (Fsp3) is 1.00. The van der Waals surface area contributed by atoms with E-state index in [1.807, 2.05) is 0 Å². The van der Waals surface area contributed by atoms with Crippen molar-refractivity contribution in [1.82, 2.24) is 0 Å². The summed E-state index contributed by atoms with van der Waals surface area (Å²) in [7, 11) is 1.91. The second-order valence-corrected chi connectivity index (χ2v) is 7.30. The molecule has 3 aliphatic carbocycles. The van der Waals surface area contributed by atoms with Crippen LogP contribution in [0.2, 0.25) is 0 Å². The predicted octanol–water partition coefficient (Wildman–Crippen LogP) is 1.75. The van der Waals surface area contributed by atoms with E-state index in [-0.39, 0.29) is 11.2 Å². The molecule has 0 aliphatic heterocycles. The monoisotopic (exact) mass is 194 g/mol. The van der Waals surface area contributed by atoms with Crippen LogP contribution in [0.4, 0.5) is 0 Å². The Kier molecular flexibility index (Phi) is 1.26. The minimum absolute atomic E-state index is 0.0926. The number of rotatable bonds is 2. The fourth-order valence-electron chi connectivity index (χ4n) is 3.08. The van der Waals surface area contributed by atoms with E-state index in [0.29, 0.717) is 5.41 Å². The van der Waals surface area contributed by atoms with Gasteiger partial charge in [0.15, 0.2) is 0 Å². The SMILES string of the molecule is CC12CC(CS(=O)(=O)Cl)(C1)C2. The summed E-state index contributed by atoms with van der Waals surface area (Å²) in [6.07, 6.45) is 3.18. The van der Waals surface area contributed by atoms with Crippen molar-refractivity contribution in [1.29, 1.82) is 0 Å². The molecule has 3 saturated carbocycles. The van der Waals surface area contributed by atoms with E-state index in [1.54, 1.807) is 0 Å². The van der Waals surface area contributed by atoms with Crippen molar-refractivity contribution >= 4 is 19.7 Å². The Bertz CT molecular complexity index is 274. The average molecular weight is 195 g/mol. The lowest BCUT2D eigenvalue weighted by atomic mass is 9.37. The summed E-state index contributed by atoms with van der Waals surface area (Å²) >= 11 is 0. The Hall–Kier alpha value is 0.240. The number of hydrogen-bond donors (Lipinski definition) is 0. The summed E-state index contributed by atoms with van der Waals surface area (Å²) in [5.41, 5.74) is 0.566. The Morgan fingerprint density at radius 1 is 1.36 bits per heavy atom. The molecule has 0 spiro atoms. The van der Waals surface area contributed by atoms with Crippen LogP contribution in [0.3, 0.4) is 0 Å². The van der Waals surface area contributed by atoms with Gasteiger partial charge >= 0.3 is 0 Å². The Morgan fingerprint density at radius 3 is 2.09 bits per heavy atom. The van der Waals surface area contributed by atoms with Crippen molar-refractivity contribution in [2.75, 3.05) is 5.75 Å². The molecule has 4 heteroatoms. The highest BCUT2D eigenvalue weighted by atomic mass is 35.7. The van der Waals surface area contributed by atoms with Gasteiger partial charge in [0.2, 0.25) is 9.05 Å². The molecule has 0 amide bonds. The first-order valence-corrected chi connectivity index (χ1v) is 6.23. The molecule has 0 radical (unpaired) electrons. The molecular formula is C7H11ClO2S. The Morgan fingerprint density at radius 2 is 1.82 bits per heavy atom. The third-order valence-corrected chi connectivity index (χ3v) is 4.17. The van der Waals surface area contributed by atoms with Gasteiger partial charge in [-0.05, 0) is 30.1 Å². The number of halogens is 1. The highest BCUT2D eigenvalue weighted by molar-refractivity contribution is 8.13. The second kappa shape index (κ2) is 1.77. The Balaban J connectivity index is 2.02. The van der Waals surface area contributed by atoms with Crippen LogP contribution >= 0.6 is 10.7 Å². The van der Waals surface area contributed by atoms with Crippen LogP contribution in [0.15, 0.2) is 0 Å². The van der Waals surface area contributed by atoms with Crippen molar-refractivity contribution in [3.63, 3.8) is 0 Å². The van der Waals surface area contributed by atoms with Crippen LogP contribution in [-0.4, -0.2) is 14.2 Å². The minimum atomic E-state index is -3.26. The molecule has 0 aromatic heterocycles. The molecule has 0 unspecified atom stereocenters. The fourth-order valence-corrected chi connectivity index (χ4v) is 4.81. The molecule has 0 aromatic rings. The summed E-state index contributed by atoms with van der Waals surface area (Å²) < 4.78 is 21.5. The molecule has 0 atom stereocenters. The standard InChI is InChI=1S/C7H11ClO2S/c1-6-2-7(3-6,4-6)5-11(8,9)10/h2-5H2,1H3. The van der Waals surface area contributed by atoms with Gasteiger partial charge in [-0.15, -0.1) is 0 Å². The van der Waals surface area contributed by atoms with Crippen LogP contribution in [-0.2, 0) is 9.05 Å². The molecule has 64 valence electrons. The van der Waals surface area contributed by atoms with Crippen molar-refractivity contribution in [2.45, 2.75) is 26.2 Å². The zero-order valence-electron chi connectivity index (χ0n) is 6.43. The maximum atomic E-state index is 10.7. The van der Waals surface area contributed by atoms with E-state index in [9.17, 15) is 8.42 Å². The molecule has 3 aliphatic rings. The molecule has 3 rings (SSSR count). The molecule has 0 saturated heterocycles. The van der Waals surface area contributed by atoms with Crippen molar-refractivity contribution in [3.8, 4) is 0 Å². The Labute approximate surface area is 71.3 Å². The lowest BCUT2D eigenvalue weighted by Crippen LogP contribution is -2.62. The van der Waals surface area contributed by atoms with Gasteiger partial charge in [0.25, 0.3) is 0 Å². The highest BCUT2D eigenvalue weighted by Crippen LogP contribution is 2.73. The number of hydrogen-bond acceptors (Lipinski definition) is 2. The predicted molar refractivity (Wildman–Crippen MR) is 44.0 cm³/mol. The molecule has 2 nitrogen and oxygen atoms in total. The largest absolute Gasteiger partial charge is 0.233 e. The maximum Gasteiger partial charge on any atom is 0.233 e.